The lowest BCUT2D eigenvalue weighted by Crippen LogP contribution is -2.32. The fraction of sp³-hybridized carbons (Fsp3) is 0.294. The van der Waals surface area contributed by atoms with Crippen LogP contribution in [0.15, 0.2) is 34.9 Å². The number of amides is 1. The molecule has 1 atom stereocenters. The Morgan fingerprint density at radius 1 is 1.34 bits per heavy atom. The summed E-state index contributed by atoms with van der Waals surface area (Å²) in [4.78, 5) is 16.6. The lowest BCUT2D eigenvalue weighted by atomic mass is 10.2. The number of rotatable bonds is 6. The molecule has 0 aliphatic heterocycles. The summed E-state index contributed by atoms with van der Waals surface area (Å²) in [5, 5.41) is 9.50. The van der Waals surface area contributed by atoms with Gasteiger partial charge in [0.2, 0.25) is 5.82 Å². The van der Waals surface area contributed by atoms with Crippen LogP contribution in [-0.4, -0.2) is 39.5 Å². The summed E-state index contributed by atoms with van der Waals surface area (Å²) < 4.78 is 62.7. The Labute approximate surface area is 161 Å². The molecule has 0 spiro atoms. The average Bonchev–Trinajstić information content (AvgIpc) is 3.28. The van der Waals surface area contributed by atoms with E-state index >= 15 is 0 Å². The van der Waals surface area contributed by atoms with Gasteiger partial charge in [-0.1, -0.05) is 17.3 Å². The smallest absolute Gasteiger partial charge is 0.382 e. The zero-order valence-corrected chi connectivity index (χ0v) is 15.2. The van der Waals surface area contributed by atoms with Crippen molar-refractivity contribution < 1.29 is 31.6 Å². The highest BCUT2D eigenvalue weighted by Gasteiger charge is 2.36. The van der Waals surface area contributed by atoms with Gasteiger partial charge >= 0.3 is 6.18 Å². The molecule has 0 aliphatic carbocycles. The van der Waals surface area contributed by atoms with Crippen LogP contribution in [0.1, 0.15) is 28.1 Å². The first-order chi connectivity index (χ1) is 13.7. The van der Waals surface area contributed by atoms with E-state index < -0.39 is 29.6 Å². The summed E-state index contributed by atoms with van der Waals surface area (Å²) in [6.45, 7) is -0.0967. The molecule has 154 valence electrons. The first-order valence-corrected chi connectivity index (χ1v) is 8.19. The Bertz CT molecular complexity index is 1010. The Morgan fingerprint density at radius 2 is 2.10 bits per heavy atom. The number of benzene rings is 1. The predicted octanol–water partition coefficient (Wildman–Crippen LogP) is 2.75. The normalized spacial score (nSPS) is 12.8. The number of nitrogens with zero attached hydrogens (tertiary/aromatic N) is 4. The molecule has 2 aromatic heterocycles. The molecule has 3 rings (SSSR count). The molecule has 3 aromatic rings. The van der Waals surface area contributed by atoms with Gasteiger partial charge in [0.1, 0.15) is 17.6 Å². The van der Waals surface area contributed by atoms with Crippen molar-refractivity contribution in [2.45, 2.75) is 12.2 Å². The number of halogens is 4. The van der Waals surface area contributed by atoms with E-state index in [0.29, 0.717) is 11.6 Å². The minimum atomic E-state index is -4.69. The number of nitrogens with one attached hydrogen (secondary N) is 1. The largest absolute Gasteiger partial charge is 0.435 e. The third kappa shape index (κ3) is 4.59. The van der Waals surface area contributed by atoms with E-state index in [4.69, 9.17) is 9.26 Å². The maximum Gasteiger partial charge on any atom is 0.435 e. The van der Waals surface area contributed by atoms with Crippen molar-refractivity contribution in [2.75, 3.05) is 13.7 Å². The molecule has 1 aromatic carbocycles. The van der Waals surface area contributed by atoms with Crippen LogP contribution in [0.3, 0.4) is 0 Å². The standard InChI is InChI=1S/C17H15F4N5O3/c1-26-12(7-13(24-26)17(19,20)21)15(27)22-11(8-28-2)16-23-14(25-29-16)9-4-3-5-10(18)6-9/h3-7,11H,8H2,1-2H3,(H,22,27)/t11-/m1/s1. The number of aromatic nitrogens is 4. The van der Waals surface area contributed by atoms with Crippen molar-refractivity contribution in [3.8, 4) is 11.4 Å². The second-order valence-corrected chi connectivity index (χ2v) is 5.98. The van der Waals surface area contributed by atoms with Crippen LogP contribution >= 0.6 is 0 Å². The van der Waals surface area contributed by atoms with E-state index in [9.17, 15) is 22.4 Å². The van der Waals surface area contributed by atoms with E-state index in [-0.39, 0.29) is 24.0 Å². The summed E-state index contributed by atoms with van der Waals surface area (Å²) in [7, 11) is 2.57. The van der Waals surface area contributed by atoms with Crippen molar-refractivity contribution >= 4 is 5.91 Å². The molecule has 0 fully saturated rings. The van der Waals surface area contributed by atoms with Gasteiger partial charge in [-0.15, -0.1) is 0 Å². The van der Waals surface area contributed by atoms with Gasteiger partial charge in [-0.25, -0.2) is 4.39 Å². The lowest BCUT2D eigenvalue weighted by Gasteiger charge is -2.13. The molecule has 0 saturated carbocycles. The molecule has 29 heavy (non-hydrogen) atoms. The van der Waals surface area contributed by atoms with Gasteiger partial charge in [0, 0.05) is 25.8 Å². The van der Waals surface area contributed by atoms with E-state index in [2.05, 4.69) is 20.6 Å². The molecule has 0 bridgehead atoms. The van der Waals surface area contributed by atoms with Gasteiger partial charge < -0.3 is 14.6 Å². The molecule has 1 N–H and O–H groups in total. The maximum absolute atomic E-state index is 13.4. The second-order valence-electron chi connectivity index (χ2n) is 5.98. The Kier molecular flexibility index (Phi) is 5.64. The summed E-state index contributed by atoms with van der Waals surface area (Å²) in [6, 6.07) is 5.16. The fourth-order valence-electron chi connectivity index (χ4n) is 2.51. The molecule has 0 unspecified atom stereocenters. The van der Waals surface area contributed by atoms with Crippen LogP contribution in [0.25, 0.3) is 11.4 Å². The van der Waals surface area contributed by atoms with Crippen molar-refractivity contribution in [3.05, 3.63) is 53.4 Å². The first kappa shape index (κ1) is 20.5. The molecule has 0 radical (unpaired) electrons. The van der Waals surface area contributed by atoms with Gasteiger partial charge in [-0.3, -0.25) is 9.48 Å². The number of methoxy groups -OCH3 is 1. The predicted molar refractivity (Wildman–Crippen MR) is 90.0 cm³/mol. The highest BCUT2D eigenvalue weighted by Crippen LogP contribution is 2.28. The number of alkyl halides is 3. The van der Waals surface area contributed by atoms with Crippen molar-refractivity contribution in [3.63, 3.8) is 0 Å². The SMILES string of the molecule is COC[C@@H](NC(=O)c1cc(C(F)(F)F)nn1C)c1nc(-c2cccc(F)c2)no1. The number of carbonyl (C=O) groups excluding carboxylic acids is 1. The average molecular weight is 413 g/mol. The minimum Gasteiger partial charge on any atom is -0.382 e. The van der Waals surface area contributed by atoms with E-state index in [1.807, 2.05) is 0 Å². The Hall–Kier alpha value is -3.28. The number of ether oxygens (including phenoxy) is 1. The Balaban J connectivity index is 1.82. The van der Waals surface area contributed by atoms with Crippen LogP contribution in [0.2, 0.25) is 0 Å². The molecule has 8 nitrogen and oxygen atoms in total. The molecule has 2 heterocycles. The first-order valence-electron chi connectivity index (χ1n) is 8.19. The topological polar surface area (TPSA) is 95.1 Å². The number of hydrogen-bond donors (Lipinski definition) is 1. The van der Waals surface area contributed by atoms with Gasteiger partial charge in [-0.2, -0.15) is 23.3 Å². The lowest BCUT2D eigenvalue weighted by molar-refractivity contribution is -0.141. The van der Waals surface area contributed by atoms with Crippen molar-refractivity contribution in [1.82, 2.24) is 25.2 Å². The third-order valence-corrected chi connectivity index (χ3v) is 3.86. The molecular formula is C17H15F4N5O3. The van der Waals surface area contributed by atoms with Crippen LogP contribution in [0, 0.1) is 5.82 Å². The minimum absolute atomic E-state index is 0.0577. The molecule has 12 heteroatoms. The molecule has 0 aliphatic rings. The fourth-order valence-corrected chi connectivity index (χ4v) is 2.51. The zero-order valence-electron chi connectivity index (χ0n) is 15.2. The number of hydrogen-bond acceptors (Lipinski definition) is 6. The van der Waals surface area contributed by atoms with E-state index in [1.54, 1.807) is 6.07 Å². The summed E-state index contributed by atoms with van der Waals surface area (Å²) >= 11 is 0. The van der Waals surface area contributed by atoms with Crippen molar-refractivity contribution in [1.29, 1.82) is 0 Å². The molecule has 1 amide bonds. The highest BCUT2D eigenvalue weighted by atomic mass is 19.4. The van der Waals surface area contributed by atoms with Crippen LogP contribution < -0.4 is 5.32 Å². The van der Waals surface area contributed by atoms with Gasteiger partial charge in [-0.05, 0) is 12.1 Å². The van der Waals surface area contributed by atoms with Crippen LogP contribution in [-0.2, 0) is 18.0 Å². The molecule has 0 saturated heterocycles. The van der Waals surface area contributed by atoms with Gasteiger partial charge in [0.25, 0.3) is 11.8 Å². The van der Waals surface area contributed by atoms with Gasteiger partial charge in [0.05, 0.1) is 6.61 Å². The van der Waals surface area contributed by atoms with E-state index in [0.717, 1.165) is 4.68 Å². The summed E-state index contributed by atoms with van der Waals surface area (Å²) in [5.74, 6) is -1.32. The summed E-state index contributed by atoms with van der Waals surface area (Å²) in [5.41, 5.74) is -1.16. The third-order valence-electron chi connectivity index (χ3n) is 3.86. The zero-order chi connectivity index (χ0) is 21.2. The quantitative estimate of drug-likeness (QED) is 0.625. The number of aryl methyl sites for hydroxylation is 1. The monoisotopic (exact) mass is 413 g/mol. The van der Waals surface area contributed by atoms with E-state index in [1.165, 1.54) is 32.4 Å². The van der Waals surface area contributed by atoms with Gasteiger partial charge in [0.15, 0.2) is 5.69 Å². The summed E-state index contributed by atoms with van der Waals surface area (Å²) in [6.07, 6.45) is -4.69. The van der Waals surface area contributed by atoms with Crippen LogP contribution in [0.4, 0.5) is 17.6 Å². The van der Waals surface area contributed by atoms with Crippen molar-refractivity contribution in [2.24, 2.45) is 7.05 Å². The molecular weight excluding hydrogens is 398 g/mol. The maximum atomic E-state index is 13.4. The number of carbonyl (C=O) groups is 1. The second kappa shape index (κ2) is 7.99. The highest BCUT2D eigenvalue weighted by molar-refractivity contribution is 5.92. The Morgan fingerprint density at radius 3 is 2.72 bits per heavy atom. The van der Waals surface area contributed by atoms with Crippen LogP contribution in [0.5, 0.6) is 0 Å².